The number of carbonyl (C=O) groups excluding carboxylic acids is 3. The average Bonchev–Trinajstić information content (AvgIpc) is 2.82. The quantitative estimate of drug-likeness (QED) is 0.337. The second-order valence-corrected chi connectivity index (χ2v) is 10.7. The third-order valence-electron chi connectivity index (χ3n) is 7.07. The summed E-state index contributed by atoms with van der Waals surface area (Å²) in [6.07, 6.45) is -4.64. The van der Waals surface area contributed by atoms with Crippen LogP contribution in [0.25, 0.3) is 0 Å². The summed E-state index contributed by atoms with van der Waals surface area (Å²) in [5, 5.41) is 0. The van der Waals surface area contributed by atoms with Crippen LogP contribution in [0.15, 0.2) is 12.1 Å². The molecule has 6 nitrogen and oxygen atoms in total. The predicted molar refractivity (Wildman–Crippen MR) is 132 cm³/mol. The van der Waals surface area contributed by atoms with E-state index in [1.54, 1.807) is 13.8 Å². The largest absolute Gasteiger partial charge is 0.476 e. The molecular weight excluding hydrogens is 511 g/mol. The summed E-state index contributed by atoms with van der Waals surface area (Å²) in [6, 6.07) is 1.20. The first-order valence-electron chi connectivity index (χ1n) is 13.0. The van der Waals surface area contributed by atoms with E-state index in [0.717, 1.165) is 36.3 Å². The fourth-order valence-electron chi connectivity index (χ4n) is 5.20. The highest BCUT2D eigenvalue weighted by molar-refractivity contribution is 6.05. The number of nitrogens with zero attached hydrogens (tertiary/aromatic N) is 2. The van der Waals surface area contributed by atoms with Crippen LogP contribution in [0.5, 0.6) is 5.75 Å². The van der Waals surface area contributed by atoms with E-state index < -0.39 is 53.3 Å². The molecule has 1 saturated carbocycles. The number of hydrogen-bond acceptors (Lipinski definition) is 4. The van der Waals surface area contributed by atoms with Gasteiger partial charge in [0.15, 0.2) is 5.60 Å². The molecule has 1 aliphatic heterocycles. The average molecular weight is 547 g/mol. The Balaban J connectivity index is 2.06. The lowest BCUT2D eigenvalue weighted by molar-refractivity contribution is -0.138. The van der Waals surface area contributed by atoms with Crippen molar-refractivity contribution in [3.05, 3.63) is 23.3 Å². The molecule has 1 heterocycles. The van der Waals surface area contributed by atoms with E-state index in [9.17, 15) is 36.3 Å². The van der Waals surface area contributed by atoms with E-state index in [-0.39, 0.29) is 42.9 Å². The van der Waals surface area contributed by atoms with Crippen LogP contribution < -0.4 is 9.64 Å². The molecule has 2 amide bonds. The number of halogens is 5. The van der Waals surface area contributed by atoms with E-state index in [0.29, 0.717) is 12.8 Å². The van der Waals surface area contributed by atoms with Gasteiger partial charge in [-0.05, 0) is 52.7 Å². The lowest BCUT2D eigenvalue weighted by atomic mass is 9.92. The normalized spacial score (nSPS) is 18.0. The smallest absolute Gasteiger partial charge is 0.417 e. The van der Waals surface area contributed by atoms with E-state index in [4.69, 9.17) is 4.74 Å². The highest BCUT2D eigenvalue weighted by Crippen LogP contribution is 2.44. The Hall–Kier alpha value is -2.72. The first kappa shape index (κ1) is 29.8. The van der Waals surface area contributed by atoms with Crippen LogP contribution in [-0.4, -0.2) is 53.2 Å². The van der Waals surface area contributed by atoms with Gasteiger partial charge in [-0.15, -0.1) is 0 Å². The molecule has 0 bridgehead atoms. The van der Waals surface area contributed by atoms with Crippen molar-refractivity contribution in [2.45, 2.75) is 109 Å². The molecule has 11 heteroatoms. The minimum Gasteiger partial charge on any atom is -0.476 e. The number of alkyl halides is 5. The van der Waals surface area contributed by atoms with Crippen LogP contribution in [0.1, 0.15) is 95.0 Å². The van der Waals surface area contributed by atoms with E-state index in [1.165, 1.54) is 18.7 Å². The van der Waals surface area contributed by atoms with Gasteiger partial charge in [0.05, 0.1) is 16.8 Å². The molecule has 0 saturated heterocycles. The Kier molecular flexibility index (Phi) is 9.08. The number of amides is 2. The highest BCUT2D eigenvalue weighted by atomic mass is 19.4. The molecule has 0 unspecified atom stereocenters. The SMILES string of the molecule is CC(C)N(C(=O)c1cc2c(cc1C(F)(F)F)OC(C)(C)C(=O)N2CCC(=O)CCC(F)F)C1CCCCC1. The van der Waals surface area contributed by atoms with Gasteiger partial charge in [0.2, 0.25) is 6.43 Å². The van der Waals surface area contributed by atoms with E-state index in [1.807, 2.05) is 0 Å². The van der Waals surface area contributed by atoms with Crippen molar-refractivity contribution < 1.29 is 41.1 Å². The Morgan fingerprint density at radius 3 is 2.29 bits per heavy atom. The molecule has 0 spiro atoms. The molecule has 1 fully saturated rings. The molecule has 0 atom stereocenters. The minimum absolute atomic E-state index is 0.0558. The maximum absolute atomic E-state index is 14.2. The van der Waals surface area contributed by atoms with Crippen molar-refractivity contribution >= 4 is 23.3 Å². The standard InChI is InChI=1S/C27H35F5N2O4/c1-16(2)34(17-8-6-5-7-9-17)24(36)19-14-21-22(15-20(19)27(30,31)32)38-26(3,4)25(37)33(21)13-12-18(35)10-11-23(28)29/h14-17,23H,5-13H2,1-4H3. The molecule has 0 radical (unpaired) electrons. The Labute approximate surface area is 219 Å². The summed E-state index contributed by atoms with van der Waals surface area (Å²) in [5.74, 6) is -2.15. The van der Waals surface area contributed by atoms with Crippen LogP contribution in [0.4, 0.5) is 27.6 Å². The van der Waals surface area contributed by atoms with Gasteiger partial charge in [-0.25, -0.2) is 8.78 Å². The number of hydrogen-bond donors (Lipinski definition) is 0. The van der Waals surface area contributed by atoms with Gasteiger partial charge in [-0.1, -0.05) is 19.3 Å². The zero-order chi connectivity index (χ0) is 28.4. The minimum atomic E-state index is -4.87. The molecule has 2 aliphatic rings. The second kappa shape index (κ2) is 11.6. The number of Topliss-reactive ketones (excluding diaryl/α,β-unsaturated/α-hetero) is 1. The van der Waals surface area contributed by atoms with Gasteiger partial charge in [-0.2, -0.15) is 13.2 Å². The van der Waals surface area contributed by atoms with Crippen LogP contribution >= 0.6 is 0 Å². The summed E-state index contributed by atoms with van der Waals surface area (Å²) in [5.41, 5.74) is -3.36. The van der Waals surface area contributed by atoms with E-state index >= 15 is 0 Å². The fourth-order valence-corrected chi connectivity index (χ4v) is 5.20. The molecule has 3 rings (SSSR count). The van der Waals surface area contributed by atoms with Crippen molar-refractivity contribution in [2.75, 3.05) is 11.4 Å². The number of ether oxygens (including phenoxy) is 1. The lowest BCUT2D eigenvalue weighted by Crippen LogP contribution is -2.53. The third-order valence-corrected chi connectivity index (χ3v) is 7.07. The summed E-state index contributed by atoms with van der Waals surface area (Å²) >= 11 is 0. The molecule has 1 aliphatic carbocycles. The van der Waals surface area contributed by atoms with Crippen molar-refractivity contribution in [1.82, 2.24) is 4.90 Å². The summed E-state index contributed by atoms with van der Waals surface area (Å²) < 4.78 is 73.4. The molecule has 0 N–H and O–H groups in total. The Bertz CT molecular complexity index is 1050. The number of rotatable bonds is 9. The van der Waals surface area contributed by atoms with Crippen molar-refractivity contribution in [2.24, 2.45) is 0 Å². The summed E-state index contributed by atoms with van der Waals surface area (Å²) in [4.78, 5) is 41.7. The molecular formula is C27H35F5N2O4. The molecule has 1 aromatic rings. The first-order chi connectivity index (χ1) is 17.6. The highest BCUT2D eigenvalue weighted by Gasteiger charge is 2.45. The van der Waals surface area contributed by atoms with Gasteiger partial charge in [0, 0.05) is 37.9 Å². The third kappa shape index (κ3) is 6.64. The second-order valence-electron chi connectivity index (χ2n) is 10.7. The molecule has 0 aromatic heterocycles. The van der Waals surface area contributed by atoms with Gasteiger partial charge in [0.25, 0.3) is 11.8 Å². The maximum atomic E-state index is 14.2. The monoisotopic (exact) mass is 546 g/mol. The van der Waals surface area contributed by atoms with Crippen LogP contribution in [-0.2, 0) is 15.8 Å². The van der Waals surface area contributed by atoms with Crippen molar-refractivity contribution in [3.8, 4) is 5.75 Å². The number of carbonyl (C=O) groups is 3. The number of fused-ring (bicyclic) bond motifs is 1. The van der Waals surface area contributed by atoms with Gasteiger partial charge >= 0.3 is 6.18 Å². The van der Waals surface area contributed by atoms with Crippen molar-refractivity contribution in [1.29, 1.82) is 0 Å². The van der Waals surface area contributed by atoms with Gasteiger partial charge < -0.3 is 14.5 Å². The van der Waals surface area contributed by atoms with Crippen LogP contribution in [0.3, 0.4) is 0 Å². The molecule has 38 heavy (non-hydrogen) atoms. The van der Waals surface area contributed by atoms with Crippen LogP contribution in [0.2, 0.25) is 0 Å². The van der Waals surface area contributed by atoms with Gasteiger partial charge in [0.1, 0.15) is 11.5 Å². The zero-order valence-electron chi connectivity index (χ0n) is 22.2. The first-order valence-corrected chi connectivity index (χ1v) is 13.0. The van der Waals surface area contributed by atoms with Gasteiger partial charge in [-0.3, -0.25) is 14.4 Å². The number of benzene rings is 1. The Morgan fingerprint density at radius 2 is 1.74 bits per heavy atom. The summed E-state index contributed by atoms with van der Waals surface area (Å²) in [6.45, 7) is 6.05. The lowest BCUT2D eigenvalue weighted by Gasteiger charge is -2.40. The number of anilines is 1. The Morgan fingerprint density at radius 1 is 1.11 bits per heavy atom. The molecule has 1 aromatic carbocycles. The zero-order valence-corrected chi connectivity index (χ0v) is 22.2. The molecule has 212 valence electrons. The topological polar surface area (TPSA) is 66.9 Å². The summed E-state index contributed by atoms with van der Waals surface area (Å²) in [7, 11) is 0. The van der Waals surface area contributed by atoms with E-state index in [2.05, 4.69) is 0 Å². The maximum Gasteiger partial charge on any atom is 0.417 e. The predicted octanol–water partition coefficient (Wildman–Crippen LogP) is 6.40. The fraction of sp³-hybridized carbons (Fsp3) is 0.667. The number of ketones is 1. The van der Waals surface area contributed by atoms with Crippen LogP contribution in [0, 0.1) is 0 Å². The van der Waals surface area contributed by atoms with Crippen molar-refractivity contribution in [3.63, 3.8) is 0 Å².